The Morgan fingerprint density at radius 3 is 2.09 bits per heavy atom. The van der Waals surface area contributed by atoms with Crippen LogP contribution in [-0.4, -0.2) is 26.6 Å². The number of carbonyl (C=O) groups is 2. The Morgan fingerprint density at radius 2 is 1.57 bits per heavy atom. The average molecular weight is 414 g/mol. The summed E-state index contributed by atoms with van der Waals surface area (Å²) in [4.78, 5) is 26.4. The number of ketones is 1. The second-order valence-corrected chi connectivity index (χ2v) is 8.01. The lowest BCUT2D eigenvalue weighted by Crippen LogP contribution is -2.54. The van der Waals surface area contributed by atoms with Crippen LogP contribution in [0.15, 0.2) is 39.3 Å². The lowest BCUT2D eigenvalue weighted by molar-refractivity contribution is -0.117. The smallest absolute Gasteiger partial charge is 0.277 e. The molecule has 1 unspecified atom stereocenters. The molecule has 2 rings (SSSR count). The summed E-state index contributed by atoms with van der Waals surface area (Å²) in [7, 11) is 0. The van der Waals surface area contributed by atoms with E-state index >= 15 is 0 Å². The van der Waals surface area contributed by atoms with Crippen LogP contribution in [0.5, 0.6) is 0 Å². The van der Waals surface area contributed by atoms with Crippen LogP contribution in [0.2, 0.25) is 0 Å². The van der Waals surface area contributed by atoms with Crippen molar-refractivity contribution in [2.75, 3.05) is 0 Å². The largest absolute Gasteiger partial charge is 0.291 e. The Balaban J connectivity index is 2.57. The molecule has 1 aromatic rings. The molecule has 1 aliphatic rings. The van der Waals surface area contributed by atoms with E-state index in [0.717, 1.165) is 5.56 Å². The molecule has 0 radical (unpaired) electrons. The highest BCUT2D eigenvalue weighted by Crippen LogP contribution is 2.49. The van der Waals surface area contributed by atoms with Gasteiger partial charge in [-0.15, -0.1) is 11.6 Å². The molecule has 0 aliphatic heterocycles. The van der Waals surface area contributed by atoms with Crippen molar-refractivity contribution < 1.29 is 9.59 Å². The van der Waals surface area contributed by atoms with E-state index in [1.54, 1.807) is 24.3 Å². The first kappa shape index (κ1) is 18.8. The molecule has 0 aromatic heterocycles. The lowest BCUT2D eigenvalue weighted by Gasteiger charge is -2.37. The maximum atomic E-state index is 12.3. The Hall–Kier alpha value is -0.580. The molecule has 8 heteroatoms. The van der Waals surface area contributed by atoms with Gasteiger partial charge in [0.05, 0.1) is 5.03 Å². The summed E-state index contributed by atoms with van der Waals surface area (Å²) in [5.41, 5.74) is 1.03. The molecule has 0 saturated carbocycles. The van der Waals surface area contributed by atoms with Gasteiger partial charge in [-0.3, -0.25) is 9.59 Å². The van der Waals surface area contributed by atoms with Gasteiger partial charge in [0.2, 0.25) is 0 Å². The number of aryl methyl sites for hydroxylation is 1. The molecule has 3 nitrogen and oxygen atoms in total. The standard InChI is InChI=1S/C15H10Cl5NO2/c1-7-3-5-8(6-4-7)13(23)21-11-9(16)10(17)12(22)14(2,18)15(11,19)20/h3-6H,1-2H3. The van der Waals surface area contributed by atoms with E-state index in [2.05, 4.69) is 4.99 Å². The fourth-order valence-corrected chi connectivity index (χ4v) is 3.22. The second kappa shape index (κ2) is 6.38. The third-order valence-electron chi connectivity index (χ3n) is 3.43. The number of alkyl halides is 3. The van der Waals surface area contributed by atoms with E-state index in [0.29, 0.717) is 5.56 Å². The van der Waals surface area contributed by atoms with Crippen molar-refractivity contribution >= 4 is 75.4 Å². The molecule has 23 heavy (non-hydrogen) atoms. The third-order valence-corrected chi connectivity index (χ3v) is 6.01. The Kier molecular flexibility index (Phi) is 5.20. The van der Waals surface area contributed by atoms with Gasteiger partial charge in [-0.2, -0.15) is 0 Å². The van der Waals surface area contributed by atoms with Crippen molar-refractivity contribution in [3.8, 4) is 0 Å². The molecule has 1 atom stereocenters. The van der Waals surface area contributed by atoms with Gasteiger partial charge < -0.3 is 0 Å². The molecule has 0 spiro atoms. The lowest BCUT2D eigenvalue weighted by atomic mass is 9.90. The van der Waals surface area contributed by atoms with Gasteiger partial charge in [0.15, 0.2) is 10.1 Å². The fraction of sp³-hybridized carbons (Fsp3) is 0.267. The molecule has 122 valence electrons. The molecule has 1 aliphatic carbocycles. The van der Waals surface area contributed by atoms with Gasteiger partial charge in [-0.25, -0.2) is 4.99 Å². The van der Waals surface area contributed by atoms with E-state index < -0.39 is 20.9 Å². The van der Waals surface area contributed by atoms with Crippen LogP contribution in [0, 0.1) is 6.92 Å². The molecule has 0 bridgehead atoms. The molecular formula is C15H10Cl5NO2. The van der Waals surface area contributed by atoms with Gasteiger partial charge in [0, 0.05) is 5.56 Å². The van der Waals surface area contributed by atoms with Gasteiger partial charge in [-0.05, 0) is 26.0 Å². The zero-order chi connectivity index (χ0) is 17.6. The highest BCUT2D eigenvalue weighted by molar-refractivity contribution is 6.75. The molecule has 0 N–H and O–H groups in total. The second-order valence-electron chi connectivity index (χ2n) is 5.17. The zero-order valence-electron chi connectivity index (χ0n) is 12.0. The number of hydrogen-bond acceptors (Lipinski definition) is 2. The normalized spacial score (nSPS) is 25.9. The molecule has 0 heterocycles. The number of benzene rings is 1. The number of carbonyl (C=O) groups excluding carboxylic acids is 2. The van der Waals surface area contributed by atoms with Gasteiger partial charge in [-0.1, -0.05) is 64.1 Å². The van der Waals surface area contributed by atoms with Gasteiger partial charge >= 0.3 is 0 Å². The highest BCUT2D eigenvalue weighted by atomic mass is 35.5. The number of rotatable bonds is 1. The topological polar surface area (TPSA) is 46.5 Å². The SMILES string of the molecule is Cc1ccc(C(=O)N=C2C(Cl)=C(Cl)C(=O)C(C)(Cl)C2(Cl)Cl)cc1. The van der Waals surface area contributed by atoms with Crippen molar-refractivity contribution in [2.24, 2.45) is 4.99 Å². The van der Waals surface area contributed by atoms with Crippen LogP contribution in [0.25, 0.3) is 0 Å². The summed E-state index contributed by atoms with van der Waals surface area (Å²) < 4.78 is -2.01. The molecule has 0 fully saturated rings. The molecule has 1 amide bonds. The monoisotopic (exact) mass is 411 g/mol. The fourth-order valence-electron chi connectivity index (χ4n) is 1.89. The predicted molar refractivity (Wildman–Crippen MR) is 95.4 cm³/mol. The first-order chi connectivity index (χ1) is 10.5. The van der Waals surface area contributed by atoms with E-state index in [4.69, 9.17) is 58.0 Å². The number of nitrogens with zero attached hydrogens (tertiary/aromatic N) is 1. The zero-order valence-corrected chi connectivity index (χ0v) is 15.7. The number of Topliss-reactive ketones (excluding diaryl/α,β-unsaturated/α-hetero) is 1. The van der Waals surface area contributed by atoms with Crippen LogP contribution < -0.4 is 0 Å². The van der Waals surface area contributed by atoms with Crippen molar-refractivity contribution in [2.45, 2.75) is 23.1 Å². The van der Waals surface area contributed by atoms with E-state index in [1.807, 2.05) is 6.92 Å². The van der Waals surface area contributed by atoms with Crippen molar-refractivity contribution in [3.05, 3.63) is 45.5 Å². The summed E-state index contributed by atoms with van der Waals surface area (Å²) in [6, 6.07) is 6.70. The molecule has 0 saturated heterocycles. The highest BCUT2D eigenvalue weighted by Gasteiger charge is 2.59. The van der Waals surface area contributed by atoms with Crippen LogP contribution in [0.1, 0.15) is 22.8 Å². The van der Waals surface area contributed by atoms with Gasteiger partial charge in [0.1, 0.15) is 15.6 Å². The van der Waals surface area contributed by atoms with Crippen LogP contribution >= 0.6 is 58.0 Å². The quantitative estimate of drug-likeness (QED) is 0.607. The first-order valence-corrected chi connectivity index (χ1v) is 8.26. The summed E-state index contributed by atoms with van der Waals surface area (Å²) in [5, 5.41) is -0.656. The van der Waals surface area contributed by atoms with E-state index in [9.17, 15) is 9.59 Å². The number of allylic oxidation sites excluding steroid dienone is 2. The Bertz CT molecular complexity index is 748. The Labute approximate surface area is 158 Å². The minimum atomic E-state index is -2.01. The van der Waals surface area contributed by atoms with Crippen molar-refractivity contribution in [1.29, 1.82) is 0 Å². The number of amides is 1. The van der Waals surface area contributed by atoms with Crippen molar-refractivity contribution in [3.63, 3.8) is 0 Å². The van der Waals surface area contributed by atoms with E-state index in [1.165, 1.54) is 6.92 Å². The summed E-state index contributed by atoms with van der Waals surface area (Å²) >= 11 is 30.4. The Morgan fingerprint density at radius 1 is 1.04 bits per heavy atom. The minimum absolute atomic E-state index is 0.254. The van der Waals surface area contributed by atoms with E-state index in [-0.39, 0.29) is 15.8 Å². The molecule has 1 aromatic carbocycles. The average Bonchev–Trinajstić information content (AvgIpc) is 2.49. The van der Waals surface area contributed by atoms with Crippen LogP contribution in [0.3, 0.4) is 0 Å². The maximum absolute atomic E-state index is 12.3. The summed E-state index contributed by atoms with van der Waals surface area (Å²) in [5.74, 6) is -1.37. The van der Waals surface area contributed by atoms with Crippen molar-refractivity contribution in [1.82, 2.24) is 0 Å². The first-order valence-electron chi connectivity index (χ1n) is 6.37. The number of halogens is 5. The third kappa shape index (κ3) is 3.18. The maximum Gasteiger partial charge on any atom is 0.277 e. The van der Waals surface area contributed by atoms with Gasteiger partial charge in [0.25, 0.3) is 5.91 Å². The summed E-state index contributed by atoms with van der Waals surface area (Å²) in [6.07, 6.45) is 0. The number of aliphatic imine (C=N–C) groups is 1. The summed E-state index contributed by atoms with van der Waals surface area (Å²) in [6.45, 7) is 3.17. The molecular weight excluding hydrogens is 403 g/mol. The minimum Gasteiger partial charge on any atom is -0.291 e. The van der Waals surface area contributed by atoms with Crippen LogP contribution in [-0.2, 0) is 4.79 Å². The predicted octanol–water partition coefficient (Wildman–Crippen LogP) is 5.02. The van der Waals surface area contributed by atoms with Crippen LogP contribution in [0.4, 0.5) is 0 Å². The number of hydrogen-bond donors (Lipinski definition) is 0.